The molecule has 2 aromatic heterocycles. The number of halogens is 1. The summed E-state index contributed by atoms with van der Waals surface area (Å²) in [5.74, 6) is 6.17. The van der Waals surface area contributed by atoms with Crippen LogP contribution < -0.4 is 16.6 Å². The molecule has 8 heteroatoms. The summed E-state index contributed by atoms with van der Waals surface area (Å²) < 4.78 is 1.61. The van der Waals surface area contributed by atoms with Gasteiger partial charge in [-0.3, -0.25) is 14.8 Å². The largest absolute Gasteiger partial charge is 0.383 e. The van der Waals surface area contributed by atoms with Crippen LogP contribution in [0.5, 0.6) is 0 Å². The molecule has 4 rings (SSSR count). The zero-order chi connectivity index (χ0) is 24.2. The van der Waals surface area contributed by atoms with Gasteiger partial charge in [0.15, 0.2) is 0 Å². The normalized spacial score (nSPS) is 10.6. The maximum atomic E-state index is 13.7. The van der Waals surface area contributed by atoms with Crippen LogP contribution >= 0.6 is 11.6 Å². The second kappa shape index (κ2) is 9.77. The number of nitrogens with one attached hydrogen (secondary N) is 2. The fourth-order valence-corrected chi connectivity index (χ4v) is 4.03. The quantitative estimate of drug-likeness (QED) is 0.289. The van der Waals surface area contributed by atoms with Crippen molar-refractivity contribution in [2.75, 3.05) is 11.1 Å². The predicted octanol–water partition coefficient (Wildman–Crippen LogP) is 4.72. The van der Waals surface area contributed by atoms with Gasteiger partial charge in [-0.25, -0.2) is 9.97 Å². The average Bonchev–Trinajstić information content (AvgIpc) is 2.82. The Labute approximate surface area is 202 Å². The van der Waals surface area contributed by atoms with Crippen molar-refractivity contribution in [3.8, 4) is 17.5 Å². The molecule has 0 aliphatic rings. The molecule has 0 amide bonds. The van der Waals surface area contributed by atoms with Crippen LogP contribution in [0.2, 0.25) is 5.02 Å². The van der Waals surface area contributed by atoms with Crippen LogP contribution in [0.4, 0.5) is 11.6 Å². The molecule has 170 valence electrons. The summed E-state index contributed by atoms with van der Waals surface area (Å²) in [6.45, 7) is 4.04. The first-order chi connectivity index (χ1) is 16.4. The molecule has 0 saturated heterocycles. The second-order valence-corrected chi connectivity index (χ2v) is 8.04. The van der Waals surface area contributed by atoms with Gasteiger partial charge in [-0.2, -0.15) is 0 Å². The summed E-state index contributed by atoms with van der Waals surface area (Å²) in [5, 5.41) is 13.5. The van der Waals surface area contributed by atoms with E-state index in [4.69, 9.17) is 22.7 Å². The molecule has 0 radical (unpaired) electrons. The van der Waals surface area contributed by atoms with Crippen molar-refractivity contribution in [1.82, 2.24) is 14.5 Å². The zero-order valence-corrected chi connectivity index (χ0v) is 19.6. The van der Waals surface area contributed by atoms with Gasteiger partial charge in [0.1, 0.15) is 23.7 Å². The van der Waals surface area contributed by atoms with E-state index in [1.165, 1.54) is 6.33 Å². The molecule has 4 N–H and O–H groups in total. The zero-order valence-electron chi connectivity index (χ0n) is 18.8. The number of para-hydroxylation sites is 1. The maximum absolute atomic E-state index is 13.7. The maximum Gasteiger partial charge on any atom is 0.263 e. The number of hydrogen-bond donors (Lipinski definition) is 3. The van der Waals surface area contributed by atoms with E-state index in [-0.39, 0.29) is 23.6 Å². The van der Waals surface area contributed by atoms with Crippen molar-refractivity contribution in [2.45, 2.75) is 26.8 Å². The molecule has 2 heterocycles. The minimum atomic E-state index is -0.163. The highest BCUT2D eigenvalue weighted by molar-refractivity contribution is 6.32. The minimum Gasteiger partial charge on any atom is -0.383 e. The fraction of sp³-hybridized carbons (Fsp3) is 0.154. The molecule has 0 aliphatic heterocycles. The molecule has 0 aliphatic carbocycles. The Bertz CT molecular complexity index is 1530. The van der Waals surface area contributed by atoms with E-state index in [1.807, 2.05) is 56.3 Å². The number of aromatic nitrogens is 3. The van der Waals surface area contributed by atoms with E-state index >= 15 is 0 Å². The van der Waals surface area contributed by atoms with E-state index in [0.717, 1.165) is 10.9 Å². The van der Waals surface area contributed by atoms with Crippen molar-refractivity contribution in [2.24, 2.45) is 0 Å². The molecular weight excluding hydrogens is 448 g/mol. The van der Waals surface area contributed by atoms with Gasteiger partial charge < -0.3 is 11.1 Å². The Kier molecular flexibility index (Phi) is 6.62. The molecule has 0 atom stereocenters. The van der Waals surface area contributed by atoms with Gasteiger partial charge in [-0.05, 0) is 42.0 Å². The summed E-state index contributed by atoms with van der Waals surface area (Å²) >= 11 is 6.49. The van der Waals surface area contributed by atoms with Crippen LogP contribution in [-0.4, -0.2) is 20.2 Å². The number of hydrogen-bond acceptors (Lipinski definition) is 6. The van der Waals surface area contributed by atoms with Gasteiger partial charge in [-0.1, -0.05) is 54.8 Å². The van der Waals surface area contributed by atoms with Crippen LogP contribution in [0, 0.1) is 24.2 Å². The van der Waals surface area contributed by atoms with E-state index in [2.05, 4.69) is 27.1 Å². The number of pyridine rings is 1. The van der Waals surface area contributed by atoms with Crippen LogP contribution in [0.25, 0.3) is 16.5 Å². The van der Waals surface area contributed by atoms with E-state index in [0.29, 0.717) is 39.6 Å². The number of nitrogens with zero attached hydrogens (tertiary/aromatic N) is 3. The van der Waals surface area contributed by atoms with Crippen LogP contribution in [0.1, 0.15) is 30.2 Å². The van der Waals surface area contributed by atoms with Gasteiger partial charge in [-0.15, -0.1) is 0 Å². The lowest BCUT2D eigenvalue weighted by atomic mass is 10.1. The van der Waals surface area contributed by atoms with Crippen LogP contribution in [-0.2, 0) is 6.54 Å². The third-order valence-corrected chi connectivity index (χ3v) is 5.70. The van der Waals surface area contributed by atoms with Crippen molar-refractivity contribution >= 4 is 39.7 Å². The smallest absolute Gasteiger partial charge is 0.263 e. The van der Waals surface area contributed by atoms with Crippen molar-refractivity contribution < 1.29 is 0 Å². The van der Waals surface area contributed by atoms with Crippen LogP contribution in [0.15, 0.2) is 59.7 Å². The van der Waals surface area contributed by atoms with Gasteiger partial charge in [0.05, 0.1) is 28.2 Å². The number of rotatable bonds is 5. The Morgan fingerprint density at radius 1 is 1.21 bits per heavy atom. The minimum absolute atomic E-state index is 0.0279. The summed E-state index contributed by atoms with van der Waals surface area (Å²) in [6.07, 6.45) is 1.94. The highest BCUT2D eigenvalue weighted by Crippen LogP contribution is 2.25. The highest BCUT2D eigenvalue weighted by atomic mass is 35.5. The van der Waals surface area contributed by atoms with Crippen molar-refractivity contribution in [3.63, 3.8) is 0 Å². The topological polar surface area (TPSA) is 110 Å². The molecular formula is C26H23ClN6O. The molecule has 0 unspecified atom stereocenters. The Morgan fingerprint density at radius 2 is 2.00 bits per heavy atom. The lowest BCUT2D eigenvalue weighted by Gasteiger charge is -2.18. The average molecular weight is 471 g/mol. The molecule has 34 heavy (non-hydrogen) atoms. The van der Waals surface area contributed by atoms with Gasteiger partial charge in [0.2, 0.25) is 0 Å². The number of anilines is 2. The Morgan fingerprint density at radius 3 is 2.76 bits per heavy atom. The van der Waals surface area contributed by atoms with Crippen molar-refractivity contribution in [3.05, 3.63) is 87.1 Å². The molecule has 0 spiro atoms. The lowest BCUT2D eigenvalue weighted by molar-refractivity contribution is 0.889. The molecule has 0 saturated carbocycles. The number of nitrogens with two attached hydrogens (primary N) is 1. The number of fused-ring (bicyclic) bond motifs is 1. The summed E-state index contributed by atoms with van der Waals surface area (Å²) in [4.78, 5) is 21.9. The Balaban J connectivity index is 1.85. The van der Waals surface area contributed by atoms with Gasteiger partial charge >= 0.3 is 0 Å². The number of nitrogen functional groups attached to an aromatic ring is 1. The lowest BCUT2D eigenvalue weighted by Crippen LogP contribution is -2.25. The molecule has 2 aromatic carbocycles. The molecule has 0 bridgehead atoms. The third-order valence-electron chi connectivity index (χ3n) is 5.38. The Hall–Kier alpha value is -4.15. The SMILES string of the molecule is CCC#CC(=N)c1c(N)ncnc1NCc1cc2cccc(C)c2c(=O)n1-c1ccccc1Cl. The third kappa shape index (κ3) is 4.36. The first-order valence-corrected chi connectivity index (χ1v) is 11.1. The molecule has 7 nitrogen and oxygen atoms in total. The van der Waals surface area contributed by atoms with E-state index < -0.39 is 0 Å². The van der Waals surface area contributed by atoms with Crippen LogP contribution in [0.3, 0.4) is 0 Å². The summed E-state index contributed by atoms with van der Waals surface area (Å²) in [6, 6.07) is 14.9. The monoisotopic (exact) mass is 470 g/mol. The predicted molar refractivity (Wildman–Crippen MR) is 138 cm³/mol. The summed E-state index contributed by atoms with van der Waals surface area (Å²) in [7, 11) is 0. The van der Waals surface area contributed by atoms with E-state index in [9.17, 15) is 4.79 Å². The van der Waals surface area contributed by atoms with Crippen molar-refractivity contribution in [1.29, 1.82) is 5.41 Å². The second-order valence-electron chi connectivity index (χ2n) is 7.63. The van der Waals surface area contributed by atoms with Gasteiger partial charge in [0, 0.05) is 12.1 Å². The number of benzene rings is 2. The van der Waals surface area contributed by atoms with E-state index in [1.54, 1.807) is 10.6 Å². The number of aryl methyl sites for hydroxylation is 1. The highest BCUT2D eigenvalue weighted by Gasteiger charge is 2.17. The first-order valence-electron chi connectivity index (χ1n) is 10.7. The standard InChI is InChI=1S/C26H23ClN6O/c1-3-4-11-20(28)23-24(29)31-15-32-25(23)30-14-18-13-17-9-7-8-16(2)22(17)26(34)33(18)21-12-6-5-10-19(21)27/h5-10,12-13,15,28H,3,14H2,1-2H3,(H3,29,30,31,32). The fourth-order valence-electron chi connectivity index (χ4n) is 3.81. The van der Waals surface area contributed by atoms with Gasteiger partial charge in [0.25, 0.3) is 5.56 Å². The summed E-state index contributed by atoms with van der Waals surface area (Å²) in [5.41, 5.74) is 8.38. The molecule has 0 fully saturated rings. The first kappa shape index (κ1) is 23.0. The molecule has 4 aromatic rings.